The van der Waals surface area contributed by atoms with Crippen molar-refractivity contribution in [3.8, 4) is 5.75 Å². The van der Waals surface area contributed by atoms with Gasteiger partial charge in [0.05, 0.1) is 18.7 Å². The largest absolute Gasteiger partial charge is 0.495 e. The number of carbonyl (C=O) groups is 3. The van der Waals surface area contributed by atoms with Gasteiger partial charge in [-0.1, -0.05) is 17.7 Å². The Morgan fingerprint density at radius 3 is 2.56 bits per heavy atom. The second kappa shape index (κ2) is 9.90. The molecular weight excluding hydrogens is 462 g/mol. The monoisotopic (exact) mass is 487 g/mol. The Balaban J connectivity index is 1.46. The average Bonchev–Trinajstić information content (AvgIpc) is 3.08. The Kier molecular flexibility index (Phi) is 6.95. The number of hydrogen-bond acceptors (Lipinski definition) is 6. The predicted octanol–water partition coefficient (Wildman–Crippen LogP) is 3.67. The SMILES string of the molecule is CCOC(=O)N1CCC(N2C(=O)c3cc(C(=O)Nc4ccc(OC)c(Cl)c4)ccc3[C@@H]2O)CC1. The summed E-state index contributed by atoms with van der Waals surface area (Å²) in [6.07, 6.45) is -0.409. The molecule has 0 saturated carbocycles. The molecule has 2 N–H and O–H groups in total. The van der Waals surface area contributed by atoms with Crippen LogP contribution in [-0.2, 0) is 4.74 Å². The Labute approximate surface area is 202 Å². The first-order chi connectivity index (χ1) is 16.3. The predicted molar refractivity (Wildman–Crippen MR) is 125 cm³/mol. The topological polar surface area (TPSA) is 108 Å². The van der Waals surface area contributed by atoms with E-state index in [1.54, 1.807) is 42.2 Å². The minimum Gasteiger partial charge on any atom is -0.495 e. The highest BCUT2D eigenvalue weighted by molar-refractivity contribution is 6.32. The highest BCUT2D eigenvalue weighted by Gasteiger charge is 2.41. The molecule has 10 heteroatoms. The van der Waals surface area contributed by atoms with Crippen molar-refractivity contribution < 1.29 is 29.0 Å². The number of aliphatic hydroxyl groups is 1. The van der Waals surface area contributed by atoms with E-state index in [0.29, 0.717) is 60.1 Å². The van der Waals surface area contributed by atoms with E-state index in [-0.39, 0.29) is 23.6 Å². The Morgan fingerprint density at radius 1 is 1.18 bits per heavy atom. The third-order valence-electron chi connectivity index (χ3n) is 6.12. The van der Waals surface area contributed by atoms with Crippen LogP contribution in [0, 0.1) is 0 Å². The second-order valence-electron chi connectivity index (χ2n) is 8.11. The number of hydrogen-bond donors (Lipinski definition) is 2. The maximum absolute atomic E-state index is 13.2. The van der Waals surface area contributed by atoms with Crippen LogP contribution in [0.1, 0.15) is 52.3 Å². The molecule has 1 atom stereocenters. The molecule has 1 saturated heterocycles. The van der Waals surface area contributed by atoms with Gasteiger partial charge in [0.15, 0.2) is 6.23 Å². The minimum absolute atomic E-state index is 0.223. The normalized spacial score (nSPS) is 18.0. The van der Waals surface area contributed by atoms with E-state index in [4.69, 9.17) is 21.1 Å². The summed E-state index contributed by atoms with van der Waals surface area (Å²) in [5.41, 5.74) is 1.52. The molecule has 2 aliphatic rings. The molecular formula is C24H26ClN3O6. The smallest absolute Gasteiger partial charge is 0.409 e. The van der Waals surface area contributed by atoms with Crippen LogP contribution in [0.25, 0.3) is 0 Å². The quantitative estimate of drug-likeness (QED) is 0.666. The van der Waals surface area contributed by atoms with Gasteiger partial charge < -0.3 is 29.7 Å². The number of anilines is 1. The van der Waals surface area contributed by atoms with E-state index in [1.165, 1.54) is 18.1 Å². The van der Waals surface area contributed by atoms with Crippen molar-refractivity contribution in [1.29, 1.82) is 0 Å². The van der Waals surface area contributed by atoms with Crippen LogP contribution in [-0.4, -0.2) is 65.7 Å². The molecule has 0 aromatic heterocycles. The van der Waals surface area contributed by atoms with Crippen LogP contribution in [0.5, 0.6) is 5.75 Å². The second-order valence-corrected chi connectivity index (χ2v) is 8.52. The highest BCUT2D eigenvalue weighted by Crippen LogP contribution is 2.36. The number of piperidine rings is 1. The summed E-state index contributed by atoms with van der Waals surface area (Å²) in [7, 11) is 1.50. The number of halogens is 1. The van der Waals surface area contributed by atoms with Crippen LogP contribution >= 0.6 is 11.6 Å². The van der Waals surface area contributed by atoms with Gasteiger partial charge in [0, 0.05) is 41.5 Å². The number of rotatable bonds is 5. The van der Waals surface area contributed by atoms with Gasteiger partial charge in [0.25, 0.3) is 11.8 Å². The van der Waals surface area contributed by atoms with Crippen LogP contribution in [0.4, 0.5) is 10.5 Å². The number of likely N-dealkylation sites (tertiary alicyclic amines) is 1. The first-order valence-electron chi connectivity index (χ1n) is 11.0. The van der Waals surface area contributed by atoms with Gasteiger partial charge >= 0.3 is 6.09 Å². The van der Waals surface area contributed by atoms with Crippen molar-refractivity contribution in [2.24, 2.45) is 0 Å². The number of fused-ring (bicyclic) bond motifs is 1. The molecule has 2 aromatic rings. The fraction of sp³-hybridized carbons (Fsp3) is 0.375. The molecule has 0 bridgehead atoms. The van der Waals surface area contributed by atoms with Crippen LogP contribution in [0.15, 0.2) is 36.4 Å². The zero-order valence-electron chi connectivity index (χ0n) is 18.9. The summed E-state index contributed by atoms with van der Waals surface area (Å²) < 4.78 is 10.2. The molecule has 4 rings (SSSR count). The maximum atomic E-state index is 13.2. The fourth-order valence-electron chi connectivity index (χ4n) is 4.36. The molecule has 2 heterocycles. The molecule has 9 nitrogen and oxygen atoms in total. The number of carbonyl (C=O) groups excluding carboxylic acids is 3. The van der Waals surface area contributed by atoms with Gasteiger partial charge in [-0.3, -0.25) is 9.59 Å². The highest BCUT2D eigenvalue weighted by atomic mass is 35.5. The van der Waals surface area contributed by atoms with E-state index in [1.807, 2.05) is 0 Å². The van der Waals surface area contributed by atoms with Crippen molar-refractivity contribution >= 4 is 35.2 Å². The third kappa shape index (κ3) is 4.53. The molecule has 34 heavy (non-hydrogen) atoms. The third-order valence-corrected chi connectivity index (χ3v) is 6.41. The van der Waals surface area contributed by atoms with E-state index in [2.05, 4.69) is 5.32 Å². The molecule has 2 aromatic carbocycles. The lowest BCUT2D eigenvalue weighted by Crippen LogP contribution is -2.48. The summed E-state index contributed by atoms with van der Waals surface area (Å²) in [4.78, 5) is 40.9. The van der Waals surface area contributed by atoms with Crippen molar-refractivity contribution in [3.63, 3.8) is 0 Å². The zero-order valence-corrected chi connectivity index (χ0v) is 19.7. The number of ether oxygens (including phenoxy) is 2. The van der Waals surface area contributed by atoms with Crippen molar-refractivity contribution in [2.75, 3.05) is 32.1 Å². The van der Waals surface area contributed by atoms with Gasteiger partial charge in [0.1, 0.15) is 5.75 Å². The molecule has 0 aliphatic carbocycles. The fourth-order valence-corrected chi connectivity index (χ4v) is 4.62. The lowest BCUT2D eigenvalue weighted by Gasteiger charge is -2.37. The average molecular weight is 488 g/mol. The van der Waals surface area contributed by atoms with Crippen molar-refractivity contribution in [2.45, 2.75) is 32.0 Å². The van der Waals surface area contributed by atoms with E-state index in [9.17, 15) is 19.5 Å². The van der Waals surface area contributed by atoms with Crippen LogP contribution in [0.2, 0.25) is 5.02 Å². The van der Waals surface area contributed by atoms with Gasteiger partial charge in [-0.2, -0.15) is 0 Å². The number of aliphatic hydroxyl groups excluding tert-OH is 1. The maximum Gasteiger partial charge on any atom is 0.409 e. The molecule has 1 fully saturated rings. The standard InChI is InChI=1S/C24H26ClN3O6/c1-3-34-24(32)27-10-8-16(9-11-27)28-22(30)17-6-4-14(12-18(17)23(28)31)21(29)26-15-5-7-20(33-2)19(25)13-15/h4-7,12-13,16,22,30H,3,8-11H2,1-2H3,(H,26,29)/t22-/m0/s1. The number of benzene rings is 2. The molecule has 0 unspecified atom stereocenters. The Hall–Kier alpha value is -3.30. The number of methoxy groups -OCH3 is 1. The Bertz CT molecular complexity index is 1120. The molecule has 0 radical (unpaired) electrons. The van der Waals surface area contributed by atoms with E-state index < -0.39 is 12.1 Å². The number of nitrogens with one attached hydrogen (secondary N) is 1. The van der Waals surface area contributed by atoms with Gasteiger partial charge in [0.2, 0.25) is 0 Å². The first-order valence-corrected chi connectivity index (χ1v) is 11.4. The lowest BCUT2D eigenvalue weighted by molar-refractivity contribution is -0.0167. The van der Waals surface area contributed by atoms with E-state index in [0.717, 1.165) is 0 Å². The minimum atomic E-state index is -1.10. The summed E-state index contributed by atoms with van der Waals surface area (Å²) in [5.74, 6) is -0.253. The van der Waals surface area contributed by atoms with E-state index >= 15 is 0 Å². The summed E-state index contributed by atoms with van der Waals surface area (Å²) in [5, 5.41) is 14.0. The summed E-state index contributed by atoms with van der Waals surface area (Å²) in [6.45, 7) is 2.93. The van der Waals surface area contributed by atoms with Gasteiger partial charge in [-0.25, -0.2) is 4.79 Å². The van der Waals surface area contributed by atoms with Crippen molar-refractivity contribution in [3.05, 3.63) is 58.1 Å². The van der Waals surface area contributed by atoms with Gasteiger partial charge in [-0.05, 0) is 50.1 Å². The summed E-state index contributed by atoms with van der Waals surface area (Å²) >= 11 is 6.12. The van der Waals surface area contributed by atoms with Gasteiger partial charge in [-0.15, -0.1) is 0 Å². The summed E-state index contributed by atoms with van der Waals surface area (Å²) in [6, 6.07) is 9.32. The number of amides is 3. The van der Waals surface area contributed by atoms with Crippen molar-refractivity contribution in [1.82, 2.24) is 9.80 Å². The lowest BCUT2D eigenvalue weighted by atomic mass is 10.0. The number of nitrogens with zero attached hydrogens (tertiary/aromatic N) is 2. The zero-order chi connectivity index (χ0) is 24.4. The molecule has 3 amide bonds. The van der Waals surface area contributed by atoms with Crippen LogP contribution in [0.3, 0.4) is 0 Å². The molecule has 180 valence electrons. The molecule has 2 aliphatic heterocycles. The molecule has 0 spiro atoms. The van der Waals surface area contributed by atoms with Crippen LogP contribution < -0.4 is 10.1 Å². The first kappa shape index (κ1) is 23.8. The Morgan fingerprint density at radius 2 is 1.91 bits per heavy atom.